The van der Waals surface area contributed by atoms with Crippen LogP contribution in [0.3, 0.4) is 0 Å². The maximum atomic E-state index is 12.8. The normalized spacial score (nSPS) is 13.9. The molecule has 2 unspecified atom stereocenters. The van der Waals surface area contributed by atoms with Crippen molar-refractivity contribution in [2.45, 2.75) is 45.7 Å². The predicted molar refractivity (Wildman–Crippen MR) is 75.3 cm³/mol. The number of amides is 1. The molecule has 0 aliphatic carbocycles. The topological polar surface area (TPSA) is 41.1 Å². The number of carbonyl (C=O) groups is 1. The average molecular weight is 266 g/mol. The lowest BCUT2D eigenvalue weighted by Gasteiger charge is -2.15. The van der Waals surface area contributed by atoms with E-state index in [0.29, 0.717) is 13.0 Å². The molecule has 19 heavy (non-hydrogen) atoms. The van der Waals surface area contributed by atoms with Crippen molar-refractivity contribution < 1.29 is 9.18 Å². The summed E-state index contributed by atoms with van der Waals surface area (Å²) in [6.45, 7) is 6.65. The van der Waals surface area contributed by atoms with Gasteiger partial charge >= 0.3 is 0 Å². The predicted octanol–water partition coefficient (Wildman–Crippen LogP) is 2.78. The van der Waals surface area contributed by atoms with Crippen LogP contribution in [0.25, 0.3) is 0 Å². The second-order valence-electron chi connectivity index (χ2n) is 4.85. The van der Waals surface area contributed by atoms with Crippen molar-refractivity contribution in [3.8, 4) is 0 Å². The van der Waals surface area contributed by atoms with E-state index in [-0.39, 0.29) is 23.8 Å². The van der Waals surface area contributed by atoms with Gasteiger partial charge in [-0.15, -0.1) is 0 Å². The zero-order chi connectivity index (χ0) is 14.3. The van der Waals surface area contributed by atoms with Gasteiger partial charge in [-0.05, 0) is 38.0 Å². The number of hydrogen-bond acceptors (Lipinski definition) is 2. The van der Waals surface area contributed by atoms with E-state index in [4.69, 9.17) is 0 Å². The van der Waals surface area contributed by atoms with E-state index in [1.165, 1.54) is 12.1 Å². The highest BCUT2D eigenvalue weighted by molar-refractivity contribution is 5.76. The van der Waals surface area contributed by atoms with Crippen molar-refractivity contribution in [3.63, 3.8) is 0 Å². The molecule has 0 saturated heterocycles. The largest absolute Gasteiger partial charge is 0.354 e. The van der Waals surface area contributed by atoms with E-state index in [1.807, 2.05) is 20.8 Å². The van der Waals surface area contributed by atoms with Crippen LogP contribution in [0.2, 0.25) is 0 Å². The molecule has 1 aromatic carbocycles. The minimum atomic E-state index is -0.233. The highest BCUT2D eigenvalue weighted by atomic mass is 19.1. The van der Waals surface area contributed by atoms with Crippen LogP contribution in [0, 0.1) is 5.82 Å². The van der Waals surface area contributed by atoms with E-state index in [1.54, 1.807) is 12.1 Å². The van der Waals surface area contributed by atoms with Crippen molar-refractivity contribution in [2.75, 3.05) is 6.54 Å². The summed E-state index contributed by atoms with van der Waals surface area (Å²) in [4.78, 5) is 11.6. The molecular formula is C15H23FN2O. The number of benzene rings is 1. The Kier molecular flexibility index (Phi) is 6.50. The third kappa shape index (κ3) is 5.83. The van der Waals surface area contributed by atoms with Crippen LogP contribution in [0.15, 0.2) is 24.3 Å². The second kappa shape index (κ2) is 7.89. The van der Waals surface area contributed by atoms with Gasteiger partial charge in [0, 0.05) is 25.0 Å². The van der Waals surface area contributed by atoms with Crippen LogP contribution in [-0.4, -0.2) is 18.5 Å². The fourth-order valence-electron chi connectivity index (χ4n) is 1.72. The van der Waals surface area contributed by atoms with Crippen molar-refractivity contribution in [1.82, 2.24) is 10.6 Å². The third-order valence-electron chi connectivity index (χ3n) is 3.19. The van der Waals surface area contributed by atoms with Gasteiger partial charge in [-0.3, -0.25) is 4.79 Å². The number of nitrogens with one attached hydrogen (secondary N) is 2. The van der Waals surface area contributed by atoms with Gasteiger partial charge in [-0.1, -0.05) is 19.1 Å². The van der Waals surface area contributed by atoms with Crippen LogP contribution in [0.4, 0.5) is 4.39 Å². The summed E-state index contributed by atoms with van der Waals surface area (Å²) in [6.07, 6.45) is 1.39. The van der Waals surface area contributed by atoms with Crippen molar-refractivity contribution in [2.24, 2.45) is 0 Å². The standard InChI is InChI=1S/C15H23FN2O/c1-4-11(2)18-15(19)9-10-17-12(3)13-5-7-14(16)8-6-13/h5-8,11-12,17H,4,9-10H2,1-3H3,(H,18,19). The molecular weight excluding hydrogens is 243 g/mol. The lowest BCUT2D eigenvalue weighted by atomic mass is 10.1. The molecule has 106 valence electrons. The third-order valence-corrected chi connectivity index (χ3v) is 3.19. The number of halogens is 1. The molecule has 0 spiro atoms. The minimum Gasteiger partial charge on any atom is -0.354 e. The second-order valence-corrected chi connectivity index (χ2v) is 4.85. The summed E-state index contributed by atoms with van der Waals surface area (Å²) < 4.78 is 12.8. The zero-order valence-corrected chi connectivity index (χ0v) is 11.9. The summed E-state index contributed by atoms with van der Waals surface area (Å²) in [5.41, 5.74) is 1.02. The van der Waals surface area contributed by atoms with E-state index in [0.717, 1.165) is 12.0 Å². The van der Waals surface area contributed by atoms with Gasteiger partial charge in [-0.25, -0.2) is 4.39 Å². The van der Waals surface area contributed by atoms with Crippen LogP contribution >= 0.6 is 0 Å². The summed E-state index contributed by atoms with van der Waals surface area (Å²) in [5, 5.41) is 6.18. The monoisotopic (exact) mass is 266 g/mol. The smallest absolute Gasteiger partial charge is 0.221 e. The van der Waals surface area contributed by atoms with Gasteiger partial charge in [0.05, 0.1) is 0 Å². The Hall–Kier alpha value is -1.42. The first-order valence-corrected chi connectivity index (χ1v) is 6.81. The first-order valence-electron chi connectivity index (χ1n) is 6.81. The molecule has 0 fully saturated rings. The summed E-state index contributed by atoms with van der Waals surface area (Å²) >= 11 is 0. The molecule has 1 amide bonds. The van der Waals surface area contributed by atoms with Crippen LogP contribution < -0.4 is 10.6 Å². The molecule has 0 aromatic heterocycles. The Morgan fingerprint density at radius 2 is 1.89 bits per heavy atom. The van der Waals surface area contributed by atoms with Crippen molar-refractivity contribution in [3.05, 3.63) is 35.6 Å². The molecule has 0 aliphatic heterocycles. The lowest BCUT2D eigenvalue weighted by molar-refractivity contribution is -0.121. The summed E-state index contributed by atoms with van der Waals surface area (Å²) in [5.74, 6) is -0.169. The molecule has 3 nitrogen and oxygen atoms in total. The quantitative estimate of drug-likeness (QED) is 0.796. The van der Waals surface area contributed by atoms with Crippen LogP contribution in [0.5, 0.6) is 0 Å². The van der Waals surface area contributed by atoms with Gasteiger partial charge in [0.25, 0.3) is 0 Å². The molecule has 2 N–H and O–H groups in total. The summed E-state index contributed by atoms with van der Waals surface area (Å²) in [7, 11) is 0. The Bertz CT molecular complexity index is 392. The SMILES string of the molecule is CCC(C)NC(=O)CCNC(C)c1ccc(F)cc1. The Morgan fingerprint density at radius 3 is 2.47 bits per heavy atom. The maximum absolute atomic E-state index is 12.8. The van der Waals surface area contributed by atoms with Gasteiger partial charge in [0.1, 0.15) is 5.82 Å². The van der Waals surface area contributed by atoms with E-state index in [2.05, 4.69) is 10.6 Å². The molecule has 0 radical (unpaired) electrons. The van der Waals surface area contributed by atoms with Crippen molar-refractivity contribution in [1.29, 1.82) is 0 Å². The zero-order valence-electron chi connectivity index (χ0n) is 11.9. The fourth-order valence-corrected chi connectivity index (χ4v) is 1.72. The van der Waals surface area contributed by atoms with Gasteiger partial charge < -0.3 is 10.6 Å². The Labute approximate surface area is 114 Å². The highest BCUT2D eigenvalue weighted by Crippen LogP contribution is 2.12. The van der Waals surface area contributed by atoms with Gasteiger partial charge in [-0.2, -0.15) is 0 Å². The molecule has 2 atom stereocenters. The first-order chi connectivity index (χ1) is 9.02. The molecule has 0 aliphatic rings. The number of rotatable bonds is 7. The Balaban J connectivity index is 2.29. The van der Waals surface area contributed by atoms with Crippen LogP contribution in [-0.2, 0) is 4.79 Å². The highest BCUT2D eigenvalue weighted by Gasteiger charge is 2.08. The van der Waals surface area contributed by atoms with Crippen molar-refractivity contribution >= 4 is 5.91 Å². The van der Waals surface area contributed by atoms with Crippen LogP contribution in [0.1, 0.15) is 45.2 Å². The van der Waals surface area contributed by atoms with E-state index < -0.39 is 0 Å². The number of carbonyl (C=O) groups excluding carboxylic acids is 1. The fraction of sp³-hybridized carbons (Fsp3) is 0.533. The van der Waals surface area contributed by atoms with E-state index >= 15 is 0 Å². The van der Waals surface area contributed by atoms with Gasteiger partial charge in [0.2, 0.25) is 5.91 Å². The summed E-state index contributed by atoms with van der Waals surface area (Å²) in [6, 6.07) is 6.74. The van der Waals surface area contributed by atoms with E-state index in [9.17, 15) is 9.18 Å². The minimum absolute atomic E-state index is 0.0631. The maximum Gasteiger partial charge on any atom is 0.221 e. The molecule has 4 heteroatoms. The molecule has 0 bridgehead atoms. The van der Waals surface area contributed by atoms with Gasteiger partial charge in [0.15, 0.2) is 0 Å². The first kappa shape index (κ1) is 15.6. The molecule has 0 saturated carbocycles. The Morgan fingerprint density at radius 1 is 1.26 bits per heavy atom. The number of hydrogen-bond donors (Lipinski definition) is 2. The molecule has 0 heterocycles. The lowest BCUT2D eigenvalue weighted by Crippen LogP contribution is -2.34. The molecule has 1 aromatic rings. The average Bonchev–Trinajstić information content (AvgIpc) is 2.39. The molecule has 1 rings (SSSR count).